The van der Waals surface area contributed by atoms with Crippen LogP contribution in [0.5, 0.6) is 0 Å². The zero-order valence-corrected chi connectivity index (χ0v) is 13.4. The fourth-order valence-corrected chi connectivity index (χ4v) is 3.13. The molecule has 1 saturated heterocycles. The number of carbonyl (C=O) groups is 1. The summed E-state index contributed by atoms with van der Waals surface area (Å²) in [6.07, 6.45) is 6.07. The van der Waals surface area contributed by atoms with Gasteiger partial charge in [0.2, 0.25) is 0 Å². The van der Waals surface area contributed by atoms with Crippen LogP contribution in [0, 0.1) is 0 Å². The van der Waals surface area contributed by atoms with Crippen LogP contribution in [0.25, 0.3) is 0 Å². The predicted molar refractivity (Wildman–Crippen MR) is 88.8 cm³/mol. The lowest BCUT2D eigenvalue weighted by Gasteiger charge is -2.38. The highest BCUT2D eigenvalue weighted by Crippen LogP contribution is 2.32. The van der Waals surface area contributed by atoms with Crippen molar-refractivity contribution in [3.05, 3.63) is 23.8 Å². The summed E-state index contributed by atoms with van der Waals surface area (Å²) in [6, 6.07) is 6.20. The maximum Gasteiger partial charge on any atom is 0.253 e. The van der Waals surface area contributed by atoms with E-state index in [0.717, 1.165) is 17.9 Å². The number of amides is 1. The third-order valence-electron chi connectivity index (χ3n) is 4.24. The number of nitrogen functional groups attached to an aromatic ring is 1. The van der Waals surface area contributed by atoms with Crippen LogP contribution in [0.3, 0.4) is 0 Å². The zero-order valence-electron chi connectivity index (χ0n) is 13.4. The van der Waals surface area contributed by atoms with Gasteiger partial charge in [0.25, 0.3) is 5.91 Å². The fraction of sp³-hybridized carbons (Fsp3) is 0.588. The monoisotopic (exact) mass is 289 g/mol. The van der Waals surface area contributed by atoms with Crippen LogP contribution in [-0.4, -0.2) is 37.5 Å². The molecule has 1 aromatic rings. The Morgan fingerprint density at radius 2 is 2.14 bits per heavy atom. The van der Waals surface area contributed by atoms with E-state index in [9.17, 15) is 4.79 Å². The van der Waals surface area contributed by atoms with Gasteiger partial charge in [-0.2, -0.15) is 0 Å². The highest BCUT2D eigenvalue weighted by molar-refractivity contribution is 5.96. The number of hydrogen-bond acceptors (Lipinski definition) is 3. The van der Waals surface area contributed by atoms with Crippen LogP contribution < -0.4 is 10.6 Å². The average molecular weight is 289 g/mol. The Kier molecular flexibility index (Phi) is 5.10. The molecule has 2 rings (SSSR count). The molecule has 1 amide bonds. The molecule has 1 heterocycles. The van der Waals surface area contributed by atoms with Gasteiger partial charge in [-0.1, -0.05) is 13.3 Å². The first-order valence-electron chi connectivity index (χ1n) is 7.92. The third-order valence-corrected chi connectivity index (χ3v) is 4.24. The second-order valence-electron chi connectivity index (χ2n) is 6.10. The summed E-state index contributed by atoms with van der Waals surface area (Å²) in [5, 5.41) is 0. The smallest absolute Gasteiger partial charge is 0.253 e. The molecule has 4 heteroatoms. The predicted octanol–water partition coefficient (Wildman–Crippen LogP) is 3.13. The minimum absolute atomic E-state index is 0.0281. The van der Waals surface area contributed by atoms with Gasteiger partial charge in [0, 0.05) is 32.2 Å². The molecule has 2 N–H and O–H groups in total. The fourth-order valence-electron chi connectivity index (χ4n) is 3.13. The Morgan fingerprint density at radius 1 is 1.38 bits per heavy atom. The lowest BCUT2D eigenvalue weighted by atomic mass is 9.96. The molecular weight excluding hydrogens is 262 g/mol. The number of rotatable bonds is 4. The first kappa shape index (κ1) is 15.7. The number of hydrogen-bond donors (Lipinski definition) is 1. The molecule has 0 radical (unpaired) electrons. The van der Waals surface area contributed by atoms with E-state index in [1.54, 1.807) is 19.0 Å². The van der Waals surface area contributed by atoms with Crippen molar-refractivity contribution in [2.75, 3.05) is 31.3 Å². The van der Waals surface area contributed by atoms with Gasteiger partial charge in [0.15, 0.2) is 0 Å². The summed E-state index contributed by atoms with van der Waals surface area (Å²) in [5.41, 5.74) is 8.70. The zero-order chi connectivity index (χ0) is 15.4. The number of nitrogens with two attached hydrogens (primary N) is 1. The van der Waals surface area contributed by atoms with E-state index in [1.165, 1.54) is 32.1 Å². The third kappa shape index (κ3) is 3.49. The van der Waals surface area contributed by atoms with Gasteiger partial charge >= 0.3 is 0 Å². The Morgan fingerprint density at radius 3 is 2.81 bits per heavy atom. The van der Waals surface area contributed by atoms with Crippen LogP contribution in [-0.2, 0) is 0 Å². The van der Waals surface area contributed by atoms with Crippen LogP contribution in [0.1, 0.15) is 49.4 Å². The van der Waals surface area contributed by atoms with E-state index >= 15 is 0 Å². The maximum absolute atomic E-state index is 12.2. The summed E-state index contributed by atoms with van der Waals surface area (Å²) in [5.74, 6) is 0.0281. The highest BCUT2D eigenvalue weighted by atomic mass is 16.2. The van der Waals surface area contributed by atoms with Crippen molar-refractivity contribution in [2.24, 2.45) is 0 Å². The van der Waals surface area contributed by atoms with Gasteiger partial charge in [-0.15, -0.1) is 0 Å². The minimum atomic E-state index is 0.0281. The largest absolute Gasteiger partial charge is 0.397 e. The maximum atomic E-state index is 12.2. The summed E-state index contributed by atoms with van der Waals surface area (Å²) in [6.45, 7) is 3.26. The van der Waals surface area contributed by atoms with Crippen molar-refractivity contribution >= 4 is 17.3 Å². The second-order valence-corrected chi connectivity index (χ2v) is 6.10. The minimum Gasteiger partial charge on any atom is -0.397 e. The molecule has 4 nitrogen and oxygen atoms in total. The molecule has 21 heavy (non-hydrogen) atoms. The molecule has 1 unspecified atom stereocenters. The van der Waals surface area contributed by atoms with Crippen LogP contribution in [0.15, 0.2) is 18.2 Å². The van der Waals surface area contributed by atoms with Crippen molar-refractivity contribution in [2.45, 2.75) is 45.1 Å². The molecule has 0 saturated carbocycles. The Labute approximate surface area is 127 Å². The SMILES string of the molecule is CCCC1CCCCN1c1cc(C(=O)N(C)C)ccc1N. The van der Waals surface area contributed by atoms with Crippen molar-refractivity contribution in [1.82, 2.24) is 4.90 Å². The van der Waals surface area contributed by atoms with E-state index in [4.69, 9.17) is 5.73 Å². The molecule has 1 aliphatic heterocycles. The molecular formula is C17H27N3O. The van der Waals surface area contributed by atoms with E-state index in [1.807, 2.05) is 18.2 Å². The Bertz CT molecular complexity index is 497. The first-order valence-corrected chi connectivity index (χ1v) is 7.92. The number of carbonyl (C=O) groups excluding carboxylic acids is 1. The number of piperidine rings is 1. The summed E-state index contributed by atoms with van der Waals surface area (Å²) >= 11 is 0. The molecule has 1 aromatic carbocycles. The van der Waals surface area contributed by atoms with Crippen molar-refractivity contribution in [3.63, 3.8) is 0 Å². The van der Waals surface area contributed by atoms with Crippen LogP contribution in [0.2, 0.25) is 0 Å². The second kappa shape index (κ2) is 6.83. The molecule has 116 valence electrons. The van der Waals surface area contributed by atoms with Crippen molar-refractivity contribution in [1.29, 1.82) is 0 Å². The van der Waals surface area contributed by atoms with Crippen LogP contribution >= 0.6 is 0 Å². The molecule has 1 fully saturated rings. The lowest BCUT2D eigenvalue weighted by molar-refractivity contribution is 0.0827. The number of benzene rings is 1. The summed E-state index contributed by atoms with van der Waals surface area (Å²) < 4.78 is 0. The Hall–Kier alpha value is -1.71. The van der Waals surface area contributed by atoms with Gasteiger partial charge in [0.1, 0.15) is 0 Å². The van der Waals surface area contributed by atoms with E-state index < -0.39 is 0 Å². The average Bonchev–Trinajstić information content (AvgIpc) is 2.48. The number of nitrogens with zero attached hydrogens (tertiary/aromatic N) is 2. The molecule has 0 aromatic heterocycles. The van der Waals surface area contributed by atoms with E-state index in [2.05, 4.69) is 11.8 Å². The Balaban J connectivity index is 2.32. The topological polar surface area (TPSA) is 49.6 Å². The molecule has 0 aliphatic carbocycles. The molecule has 1 aliphatic rings. The lowest BCUT2D eigenvalue weighted by Crippen LogP contribution is -2.40. The van der Waals surface area contributed by atoms with Crippen molar-refractivity contribution < 1.29 is 4.79 Å². The van der Waals surface area contributed by atoms with Gasteiger partial charge in [0.05, 0.1) is 11.4 Å². The molecule has 0 bridgehead atoms. The van der Waals surface area contributed by atoms with Gasteiger partial charge in [-0.25, -0.2) is 0 Å². The first-order chi connectivity index (χ1) is 10.0. The van der Waals surface area contributed by atoms with Gasteiger partial charge in [-0.05, 0) is 43.9 Å². The van der Waals surface area contributed by atoms with Crippen molar-refractivity contribution in [3.8, 4) is 0 Å². The standard InChI is InChI=1S/C17H27N3O/c1-4-7-14-8-5-6-11-20(14)16-12-13(9-10-15(16)18)17(21)19(2)3/h9-10,12,14H,4-8,11,18H2,1-3H3. The molecule has 0 spiro atoms. The molecule has 1 atom stereocenters. The highest BCUT2D eigenvalue weighted by Gasteiger charge is 2.24. The number of anilines is 2. The van der Waals surface area contributed by atoms with E-state index in [-0.39, 0.29) is 5.91 Å². The van der Waals surface area contributed by atoms with Gasteiger partial charge < -0.3 is 15.5 Å². The van der Waals surface area contributed by atoms with Gasteiger partial charge in [-0.3, -0.25) is 4.79 Å². The van der Waals surface area contributed by atoms with E-state index in [0.29, 0.717) is 11.6 Å². The quantitative estimate of drug-likeness (QED) is 0.866. The summed E-state index contributed by atoms with van der Waals surface area (Å²) in [7, 11) is 3.55. The normalized spacial score (nSPS) is 18.6. The van der Waals surface area contributed by atoms with Crippen LogP contribution in [0.4, 0.5) is 11.4 Å². The summed E-state index contributed by atoms with van der Waals surface area (Å²) in [4.78, 5) is 16.2.